The van der Waals surface area contributed by atoms with Crippen LogP contribution in [0.2, 0.25) is 0 Å². The number of hydrogen-bond acceptors (Lipinski definition) is 6. The van der Waals surface area contributed by atoms with Crippen molar-refractivity contribution >= 4 is 10.0 Å². The van der Waals surface area contributed by atoms with Gasteiger partial charge in [-0.3, -0.25) is 0 Å². The second kappa shape index (κ2) is 5.79. The van der Waals surface area contributed by atoms with E-state index in [0.29, 0.717) is 0 Å². The average Bonchev–Trinajstić information content (AvgIpc) is 2.92. The van der Waals surface area contributed by atoms with Crippen LogP contribution >= 0.6 is 0 Å². The zero-order chi connectivity index (χ0) is 15.6. The molecule has 0 aliphatic rings. The van der Waals surface area contributed by atoms with Crippen LogP contribution in [0.1, 0.15) is 24.4 Å². The fraction of sp³-hybridized carbons (Fsp3) is 0.300. The Morgan fingerprint density at radius 2 is 2.14 bits per heavy atom. The lowest BCUT2D eigenvalue weighted by molar-refractivity contribution is 0.267. The van der Waals surface area contributed by atoms with Crippen LogP contribution in [0.25, 0.3) is 0 Å². The molecule has 114 valence electrons. The van der Waals surface area contributed by atoms with Crippen molar-refractivity contribution in [2.45, 2.75) is 24.5 Å². The summed E-state index contributed by atoms with van der Waals surface area (Å²) in [6.07, 6.45) is 0. The van der Waals surface area contributed by atoms with E-state index in [2.05, 4.69) is 25.3 Å². The van der Waals surface area contributed by atoms with Gasteiger partial charge < -0.3 is 5.11 Å². The molecular weight excluding hydrogens is 308 g/mol. The van der Waals surface area contributed by atoms with Gasteiger partial charge in [0.2, 0.25) is 10.0 Å². The van der Waals surface area contributed by atoms with Gasteiger partial charge in [-0.2, -0.15) is 5.21 Å². The normalized spacial score (nSPS) is 13.3. The van der Waals surface area contributed by atoms with Crippen LogP contribution in [0.5, 0.6) is 0 Å². The number of benzene rings is 1. The van der Waals surface area contributed by atoms with Crippen molar-refractivity contribution in [3.63, 3.8) is 0 Å². The Hall–Kier alpha value is -1.98. The molecule has 3 N–H and O–H groups in total. The molecule has 1 aromatic heterocycles. The molecule has 2 aromatic rings. The molecule has 0 saturated heterocycles. The Bertz CT molecular complexity index is 735. The SMILES string of the molecule is CC(NS(=O)(=O)c1ccc(F)c(CO)c1F)c1nn[nH]n1. The van der Waals surface area contributed by atoms with Gasteiger partial charge in [0.05, 0.1) is 18.2 Å². The smallest absolute Gasteiger partial charge is 0.244 e. The summed E-state index contributed by atoms with van der Waals surface area (Å²) >= 11 is 0. The van der Waals surface area contributed by atoms with Crippen molar-refractivity contribution in [2.75, 3.05) is 0 Å². The van der Waals surface area contributed by atoms with E-state index in [1.165, 1.54) is 6.92 Å². The number of sulfonamides is 1. The number of aromatic amines is 1. The van der Waals surface area contributed by atoms with E-state index in [1.807, 2.05) is 0 Å². The Kier molecular flexibility index (Phi) is 4.25. The molecule has 2 rings (SSSR count). The van der Waals surface area contributed by atoms with E-state index in [1.54, 1.807) is 0 Å². The van der Waals surface area contributed by atoms with E-state index >= 15 is 0 Å². The van der Waals surface area contributed by atoms with E-state index in [0.717, 1.165) is 12.1 Å². The Labute approximate surface area is 118 Å². The zero-order valence-corrected chi connectivity index (χ0v) is 11.5. The van der Waals surface area contributed by atoms with Gasteiger partial charge in [0.25, 0.3) is 0 Å². The molecular formula is C10H11F2N5O3S. The van der Waals surface area contributed by atoms with Crippen LogP contribution in [-0.4, -0.2) is 34.1 Å². The van der Waals surface area contributed by atoms with Crippen LogP contribution in [0.15, 0.2) is 17.0 Å². The van der Waals surface area contributed by atoms with Crippen LogP contribution in [0.4, 0.5) is 8.78 Å². The van der Waals surface area contributed by atoms with Gasteiger partial charge in [0, 0.05) is 0 Å². The number of nitrogens with one attached hydrogen (secondary N) is 2. The molecule has 1 heterocycles. The summed E-state index contributed by atoms with van der Waals surface area (Å²) in [7, 11) is -4.29. The molecule has 0 radical (unpaired) electrons. The van der Waals surface area contributed by atoms with Crippen molar-refractivity contribution in [3.8, 4) is 0 Å². The Morgan fingerprint density at radius 3 is 2.71 bits per heavy atom. The highest BCUT2D eigenvalue weighted by atomic mass is 32.2. The number of halogens is 2. The first-order chi connectivity index (χ1) is 9.86. The molecule has 0 amide bonds. The fourth-order valence-electron chi connectivity index (χ4n) is 1.63. The van der Waals surface area contributed by atoms with Crippen LogP contribution in [0.3, 0.4) is 0 Å². The van der Waals surface area contributed by atoms with Gasteiger partial charge in [0.1, 0.15) is 10.7 Å². The van der Waals surface area contributed by atoms with Gasteiger partial charge in [0.15, 0.2) is 11.6 Å². The standard InChI is InChI=1S/C10H11F2N5O3S/c1-5(10-13-16-17-14-10)15-21(19,20)8-3-2-7(11)6(4-18)9(8)12/h2-3,5,15,18H,4H2,1H3,(H,13,14,16,17). The molecule has 11 heteroatoms. The van der Waals surface area contributed by atoms with Gasteiger partial charge in [-0.15, -0.1) is 10.2 Å². The quantitative estimate of drug-likeness (QED) is 0.714. The van der Waals surface area contributed by atoms with Crippen molar-refractivity contribution in [1.29, 1.82) is 0 Å². The minimum absolute atomic E-state index is 0.0588. The minimum Gasteiger partial charge on any atom is -0.391 e. The highest BCUT2D eigenvalue weighted by Gasteiger charge is 2.26. The molecule has 1 unspecified atom stereocenters. The maximum atomic E-state index is 14.0. The first kappa shape index (κ1) is 15.4. The van der Waals surface area contributed by atoms with Crippen molar-refractivity contribution in [2.24, 2.45) is 0 Å². The van der Waals surface area contributed by atoms with Gasteiger partial charge in [-0.1, -0.05) is 5.21 Å². The number of aromatic nitrogens is 4. The predicted molar refractivity (Wildman–Crippen MR) is 65.2 cm³/mol. The predicted octanol–water partition coefficient (Wildman–Crippen LogP) is 0.00970. The lowest BCUT2D eigenvalue weighted by Gasteiger charge is -2.13. The Balaban J connectivity index is 2.36. The number of aliphatic hydroxyl groups excluding tert-OH is 1. The topological polar surface area (TPSA) is 121 Å². The number of H-pyrrole nitrogens is 1. The first-order valence-corrected chi connectivity index (χ1v) is 7.18. The monoisotopic (exact) mass is 319 g/mol. The highest BCUT2D eigenvalue weighted by molar-refractivity contribution is 7.89. The molecule has 8 nitrogen and oxygen atoms in total. The molecule has 0 fully saturated rings. The third kappa shape index (κ3) is 3.04. The zero-order valence-electron chi connectivity index (χ0n) is 10.7. The first-order valence-electron chi connectivity index (χ1n) is 5.70. The second-order valence-electron chi connectivity index (χ2n) is 4.11. The molecule has 0 spiro atoms. The maximum Gasteiger partial charge on any atom is 0.244 e. The van der Waals surface area contributed by atoms with Crippen LogP contribution < -0.4 is 4.72 Å². The summed E-state index contributed by atoms with van der Waals surface area (Å²) in [5.41, 5.74) is -0.718. The molecule has 1 aromatic carbocycles. The summed E-state index contributed by atoms with van der Waals surface area (Å²) in [4.78, 5) is -0.775. The average molecular weight is 319 g/mol. The second-order valence-corrected chi connectivity index (χ2v) is 5.79. The number of hydrogen-bond donors (Lipinski definition) is 3. The third-order valence-electron chi connectivity index (χ3n) is 2.68. The largest absolute Gasteiger partial charge is 0.391 e. The van der Waals surface area contributed by atoms with Crippen LogP contribution in [0, 0.1) is 11.6 Å². The van der Waals surface area contributed by atoms with E-state index in [9.17, 15) is 17.2 Å². The van der Waals surface area contributed by atoms with Gasteiger partial charge in [-0.05, 0) is 19.1 Å². The lowest BCUT2D eigenvalue weighted by Crippen LogP contribution is -2.28. The van der Waals surface area contributed by atoms with Gasteiger partial charge >= 0.3 is 0 Å². The molecule has 0 aliphatic heterocycles. The van der Waals surface area contributed by atoms with Crippen LogP contribution in [-0.2, 0) is 16.6 Å². The summed E-state index contributed by atoms with van der Waals surface area (Å²) in [6.45, 7) is 0.470. The van der Waals surface area contributed by atoms with Gasteiger partial charge in [-0.25, -0.2) is 21.9 Å². The summed E-state index contributed by atoms with van der Waals surface area (Å²) < 4.78 is 53.5. The van der Waals surface area contributed by atoms with E-state index < -0.39 is 44.8 Å². The number of aliphatic hydroxyl groups is 1. The summed E-state index contributed by atoms with van der Waals surface area (Å²) in [6, 6.07) is 0.660. The van der Waals surface area contributed by atoms with Crippen molar-refractivity contribution < 1.29 is 22.3 Å². The van der Waals surface area contributed by atoms with Crippen molar-refractivity contribution in [1.82, 2.24) is 25.3 Å². The minimum atomic E-state index is -4.29. The molecule has 1 atom stereocenters. The molecule has 21 heavy (non-hydrogen) atoms. The number of tetrazole rings is 1. The van der Waals surface area contributed by atoms with E-state index in [4.69, 9.17) is 5.11 Å². The highest BCUT2D eigenvalue weighted by Crippen LogP contribution is 2.22. The van der Waals surface area contributed by atoms with Crippen molar-refractivity contribution in [3.05, 3.63) is 35.2 Å². The fourth-order valence-corrected chi connectivity index (χ4v) is 2.93. The molecule has 0 bridgehead atoms. The molecule has 0 aliphatic carbocycles. The summed E-state index contributed by atoms with van der Waals surface area (Å²) in [5.74, 6) is -2.31. The third-order valence-corrected chi connectivity index (χ3v) is 4.24. The lowest BCUT2D eigenvalue weighted by atomic mass is 10.2. The van der Waals surface area contributed by atoms with E-state index in [-0.39, 0.29) is 5.82 Å². The molecule has 0 saturated carbocycles. The Morgan fingerprint density at radius 1 is 1.43 bits per heavy atom. The number of nitrogens with zero attached hydrogens (tertiary/aromatic N) is 3. The number of rotatable bonds is 5. The maximum absolute atomic E-state index is 14.0. The summed E-state index contributed by atoms with van der Waals surface area (Å²) in [5, 5.41) is 21.5.